The largest absolute Gasteiger partial charge is 0.451 e. The van der Waals surface area contributed by atoms with E-state index in [0.717, 1.165) is 46.4 Å². The summed E-state index contributed by atoms with van der Waals surface area (Å²) in [5.74, 6) is 1.13. The summed E-state index contributed by atoms with van der Waals surface area (Å²) in [4.78, 5) is 14.9. The monoisotopic (exact) mass is 324 g/mol. The van der Waals surface area contributed by atoms with E-state index >= 15 is 0 Å². The van der Waals surface area contributed by atoms with E-state index in [-0.39, 0.29) is 11.9 Å². The molecule has 4 rings (SSSR count). The van der Waals surface area contributed by atoms with E-state index < -0.39 is 0 Å². The Kier molecular flexibility index (Phi) is 3.44. The Balaban J connectivity index is 1.71. The van der Waals surface area contributed by atoms with Gasteiger partial charge in [0.1, 0.15) is 17.0 Å². The molecule has 0 aliphatic carbocycles. The van der Waals surface area contributed by atoms with Gasteiger partial charge in [0.05, 0.1) is 6.04 Å². The normalized spacial score (nSPS) is 17.8. The number of hydrogen-bond donors (Lipinski definition) is 0. The molecule has 2 aromatic heterocycles. The maximum Gasteiger partial charge on any atom is 0.290 e. The average Bonchev–Trinajstić information content (AvgIpc) is 3.25. The van der Waals surface area contributed by atoms with Gasteiger partial charge in [-0.3, -0.25) is 4.79 Å². The minimum Gasteiger partial charge on any atom is -0.451 e. The fourth-order valence-corrected chi connectivity index (χ4v) is 3.53. The number of likely N-dealkylation sites (tertiary alicyclic amines) is 1. The van der Waals surface area contributed by atoms with Crippen molar-refractivity contribution in [1.29, 1.82) is 0 Å². The van der Waals surface area contributed by atoms with Crippen LogP contribution in [-0.2, 0) is 0 Å². The third kappa shape index (κ3) is 2.31. The topological polar surface area (TPSA) is 59.5 Å². The maximum atomic E-state index is 13.1. The SMILES string of the molecule is Cc1ccc2c(C)c(C(=O)N3CCCC3c3cc(C)on3)oc2c1. The molecule has 24 heavy (non-hydrogen) atoms. The molecule has 1 aliphatic rings. The second-order valence-electron chi connectivity index (χ2n) is 6.57. The van der Waals surface area contributed by atoms with E-state index in [2.05, 4.69) is 5.16 Å². The quantitative estimate of drug-likeness (QED) is 0.704. The molecule has 1 fully saturated rings. The smallest absolute Gasteiger partial charge is 0.290 e. The zero-order chi connectivity index (χ0) is 16.8. The minimum atomic E-state index is -0.0653. The van der Waals surface area contributed by atoms with Crippen LogP contribution in [0, 0.1) is 20.8 Å². The number of nitrogens with zero attached hydrogens (tertiary/aromatic N) is 2. The number of carbonyl (C=O) groups is 1. The number of aryl methyl sites for hydroxylation is 3. The average molecular weight is 324 g/mol. The Bertz CT molecular complexity index is 922. The molecule has 5 nitrogen and oxygen atoms in total. The molecule has 0 spiro atoms. The van der Waals surface area contributed by atoms with Crippen molar-refractivity contribution in [3.63, 3.8) is 0 Å². The summed E-state index contributed by atoms with van der Waals surface area (Å²) in [5, 5.41) is 5.10. The first-order chi connectivity index (χ1) is 11.5. The third-order valence-electron chi connectivity index (χ3n) is 4.79. The zero-order valence-corrected chi connectivity index (χ0v) is 14.1. The van der Waals surface area contributed by atoms with Gasteiger partial charge in [-0.25, -0.2) is 0 Å². The highest BCUT2D eigenvalue weighted by Crippen LogP contribution is 2.35. The number of aromatic nitrogens is 1. The van der Waals surface area contributed by atoms with Crippen LogP contribution in [-0.4, -0.2) is 22.5 Å². The number of carbonyl (C=O) groups excluding carboxylic acids is 1. The molecular weight excluding hydrogens is 304 g/mol. The van der Waals surface area contributed by atoms with Crippen molar-refractivity contribution in [2.75, 3.05) is 6.54 Å². The molecule has 0 saturated carbocycles. The molecule has 1 unspecified atom stereocenters. The van der Waals surface area contributed by atoms with E-state index in [1.807, 2.05) is 49.9 Å². The molecule has 0 N–H and O–H groups in total. The molecule has 1 saturated heterocycles. The highest BCUT2D eigenvalue weighted by Gasteiger charge is 2.35. The van der Waals surface area contributed by atoms with Crippen molar-refractivity contribution in [3.8, 4) is 0 Å². The van der Waals surface area contributed by atoms with Crippen molar-refractivity contribution >= 4 is 16.9 Å². The van der Waals surface area contributed by atoms with Crippen LogP contribution in [0.15, 0.2) is 33.2 Å². The molecule has 3 heterocycles. The van der Waals surface area contributed by atoms with Gasteiger partial charge in [0.25, 0.3) is 5.91 Å². The Morgan fingerprint density at radius 3 is 2.83 bits per heavy atom. The van der Waals surface area contributed by atoms with Gasteiger partial charge in [-0.15, -0.1) is 0 Å². The van der Waals surface area contributed by atoms with Crippen LogP contribution in [0.2, 0.25) is 0 Å². The molecule has 5 heteroatoms. The summed E-state index contributed by atoms with van der Waals surface area (Å²) in [7, 11) is 0. The number of rotatable bonds is 2. The molecule has 0 bridgehead atoms. The van der Waals surface area contributed by atoms with Crippen LogP contribution in [0.5, 0.6) is 0 Å². The zero-order valence-electron chi connectivity index (χ0n) is 14.1. The van der Waals surface area contributed by atoms with Gasteiger partial charge < -0.3 is 13.8 Å². The van der Waals surface area contributed by atoms with Crippen LogP contribution in [0.25, 0.3) is 11.0 Å². The lowest BCUT2D eigenvalue weighted by Gasteiger charge is -2.22. The van der Waals surface area contributed by atoms with Crippen LogP contribution < -0.4 is 0 Å². The lowest BCUT2D eigenvalue weighted by molar-refractivity contribution is 0.0700. The Morgan fingerprint density at radius 1 is 1.25 bits per heavy atom. The van der Waals surface area contributed by atoms with Crippen LogP contribution in [0.4, 0.5) is 0 Å². The van der Waals surface area contributed by atoms with Gasteiger partial charge in [0.2, 0.25) is 0 Å². The maximum absolute atomic E-state index is 13.1. The van der Waals surface area contributed by atoms with E-state index in [0.29, 0.717) is 12.3 Å². The molecular formula is C19H20N2O3. The van der Waals surface area contributed by atoms with Crippen LogP contribution in [0.1, 0.15) is 52.0 Å². The molecule has 1 atom stereocenters. The molecule has 124 valence electrons. The molecule has 3 aromatic rings. The van der Waals surface area contributed by atoms with Gasteiger partial charge in [-0.1, -0.05) is 17.3 Å². The number of furan rings is 1. The van der Waals surface area contributed by atoms with Crippen molar-refractivity contribution in [3.05, 3.63) is 52.6 Å². The third-order valence-corrected chi connectivity index (χ3v) is 4.79. The lowest BCUT2D eigenvalue weighted by Crippen LogP contribution is -2.30. The number of fused-ring (bicyclic) bond motifs is 1. The Hall–Kier alpha value is -2.56. The second-order valence-corrected chi connectivity index (χ2v) is 6.57. The van der Waals surface area contributed by atoms with Gasteiger partial charge in [-0.2, -0.15) is 0 Å². The number of benzene rings is 1. The Labute approximate surface area is 140 Å². The number of hydrogen-bond acceptors (Lipinski definition) is 4. The van der Waals surface area contributed by atoms with Gasteiger partial charge >= 0.3 is 0 Å². The molecule has 1 amide bonds. The summed E-state index contributed by atoms with van der Waals surface area (Å²) in [5.41, 5.74) is 3.61. The lowest BCUT2D eigenvalue weighted by atomic mass is 10.1. The summed E-state index contributed by atoms with van der Waals surface area (Å²) in [6.45, 7) is 6.54. The Morgan fingerprint density at radius 2 is 2.08 bits per heavy atom. The van der Waals surface area contributed by atoms with Crippen molar-refractivity contribution in [2.45, 2.75) is 39.7 Å². The van der Waals surface area contributed by atoms with Crippen LogP contribution in [0.3, 0.4) is 0 Å². The van der Waals surface area contributed by atoms with Crippen molar-refractivity contribution < 1.29 is 13.7 Å². The van der Waals surface area contributed by atoms with Gasteiger partial charge in [0.15, 0.2) is 5.76 Å². The van der Waals surface area contributed by atoms with E-state index in [9.17, 15) is 4.79 Å². The van der Waals surface area contributed by atoms with Crippen molar-refractivity contribution in [1.82, 2.24) is 10.1 Å². The summed E-state index contributed by atoms with van der Waals surface area (Å²) >= 11 is 0. The predicted octanol–water partition coefficient (Wildman–Crippen LogP) is 4.32. The van der Waals surface area contributed by atoms with E-state index in [4.69, 9.17) is 8.94 Å². The van der Waals surface area contributed by atoms with E-state index in [1.165, 1.54) is 0 Å². The second kappa shape index (κ2) is 5.51. The molecule has 1 aliphatic heterocycles. The number of amides is 1. The van der Waals surface area contributed by atoms with Crippen LogP contribution >= 0.6 is 0 Å². The summed E-state index contributed by atoms with van der Waals surface area (Å²) in [6, 6.07) is 7.90. The first-order valence-electron chi connectivity index (χ1n) is 8.28. The fraction of sp³-hybridized carbons (Fsp3) is 0.368. The highest BCUT2D eigenvalue weighted by atomic mass is 16.5. The van der Waals surface area contributed by atoms with Gasteiger partial charge in [0, 0.05) is 23.6 Å². The van der Waals surface area contributed by atoms with Gasteiger partial charge in [-0.05, 0) is 45.2 Å². The fourth-order valence-electron chi connectivity index (χ4n) is 3.53. The first-order valence-corrected chi connectivity index (χ1v) is 8.28. The summed E-state index contributed by atoms with van der Waals surface area (Å²) in [6.07, 6.45) is 1.86. The summed E-state index contributed by atoms with van der Waals surface area (Å²) < 4.78 is 11.1. The first kappa shape index (κ1) is 15.0. The predicted molar refractivity (Wildman–Crippen MR) is 89.9 cm³/mol. The molecule has 0 radical (unpaired) electrons. The molecule has 1 aromatic carbocycles. The standard InChI is InChI=1S/C19H20N2O3/c1-11-6-7-14-13(3)18(23-17(14)9-11)19(22)21-8-4-5-16(21)15-10-12(2)24-20-15/h6-7,9-10,16H,4-5,8H2,1-3H3. The highest BCUT2D eigenvalue weighted by molar-refractivity contribution is 5.99. The minimum absolute atomic E-state index is 0.0377. The van der Waals surface area contributed by atoms with E-state index in [1.54, 1.807) is 0 Å². The van der Waals surface area contributed by atoms with Crippen molar-refractivity contribution in [2.24, 2.45) is 0 Å².